The Kier molecular flexibility index (Phi) is 5.45. The van der Waals surface area contributed by atoms with Crippen LogP contribution in [-0.4, -0.2) is 21.4 Å². The molecule has 0 amide bonds. The molecule has 0 saturated heterocycles. The first-order chi connectivity index (χ1) is 10.2. The van der Waals surface area contributed by atoms with Gasteiger partial charge in [-0.3, -0.25) is 10.1 Å². The van der Waals surface area contributed by atoms with E-state index in [0.717, 1.165) is 37.2 Å². The predicted octanol–water partition coefficient (Wildman–Crippen LogP) is 2.99. The Morgan fingerprint density at radius 1 is 1.48 bits per heavy atom. The summed E-state index contributed by atoms with van der Waals surface area (Å²) in [5.41, 5.74) is 1.10. The number of H-pyrrole nitrogens is 1. The Morgan fingerprint density at radius 3 is 3.00 bits per heavy atom. The van der Waals surface area contributed by atoms with E-state index < -0.39 is 0 Å². The van der Waals surface area contributed by atoms with E-state index in [1.807, 2.05) is 6.07 Å². The molecule has 112 valence electrons. The predicted molar refractivity (Wildman–Crippen MR) is 81.0 cm³/mol. The Hall–Kier alpha value is -2.21. The third kappa shape index (κ3) is 4.39. The van der Waals surface area contributed by atoms with E-state index in [2.05, 4.69) is 22.2 Å². The van der Waals surface area contributed by atoms with E-state index in [0.29, 0.717) is 0 Å². The molecule has 1 aromatic carbocycles. The van der Waals surface area contributed by atoms with Crippen LogP contribution in [0.25, 0.3) is 0 Å². The first-order valence-electron chi connectivity index (χ1n) is 7.16. The molecule has 2 N–H and O–H groups in total. The van der Waals surface area contributed by atoms with E-state index in [4.69, 9.17) is 0 Å². The Balaban J connectivity index is 2.00. The molecule has 2 aromatic rings. The van der Waals surface area contributed by atoms with Crippen molar-refractivity contribution >= 4 is 5.69 Å². The van der Waals surface area contributed by atoms with Gasteiger partial charge in [-0.05, 0) is 12.0 Å². The van der Waals surface area contributed by atoms with Crippen molar-refractivity contribution in [1.82, 2.24) is 15.3 Å². The highest BCUT2D eigenvalue weighted by atomic mass is 16.6. The van der Waals surface area contributed by atoms with Gasteiger partial charge in [0.05, 0.1) is 4.92 Å². The maximum Gasteiger partial charge on any atom is 0.269 e. The van der Waals surface area contributed by atoms with Crippen LogP contribution in [0.5, 0.6) is 0 Å². The van der Waals surface area contributed by atoms with Crippen LogP contribution in [0.15, 0.2) is 36.7 Å². The lowest BCUT2D eigenvalue weighted by Crippen LogP contribution is -2.24. The molecule has 0 bridgehead atoms. The largest absolute Gasteiger partial charge is 0.349 e. The summed E-state index contributed by atoms with van der Waals surface area (Å²) in [6.45, 7) is 2.89. The van der Waals surface area contributed by atoms with Gasteiger partial charge < -0.3 is 10.3 Å². The number of hydrogen-bond donors (Lipinski definition) is 2. The molecule has 21 heavy (non-hydrogen) atoms. The summed E-state index contributed by atoms with van der Waals surface area (Å²) < 4.78 is 0. The van der Waals surface area contributed by atoms with Crippen molar-refractivity contribution in [2.75, 3.05) is 6.54 Å². The van der Waals surface area contributed by atoms with Crippen molar-refractivity contribution in [1.29, 1.82) is 0 Å². The van der Waals surface area contributed by atoms with Gasteiger partial charge in [-0.1, -0.05) is 25.5 Å². The van der Waals surface area contributed by atoms with E-state index in [-0.39, 0.29) is 16.7 Å². The Labute approximate surface area is 123 Å². The smallest absolute Gasteiger partial charge is 0.269 e. The molecule has 0 aliphatic carbocycles. The number of nitro benzene ring substituents is 1. The molecular formula is C15H20N4O2. The van der Waals surface area contributed by atoms with Gasteiger partial charge in [0.1, 0.15) is 5.82 Å². The second kappa shape index (κ2) is 7.54. The number of nitrogens with one attached hydrogen (secondary N) is 2. The highest BCUT2D eigenvalue weighted by molar-refractivity contribution is 5.35. The fourth-order valence-electron chi connectivity index (χ4n) is 2.33. The van der Waals surface area contributed by atoms with Crippen LogP contribution >= 0.6 is 0 Å². The van der Waals surface area contributed by atoms with Crippen LogP contribution < -0.4 is 5.32 Å². The van der Waals surface area contributed by atoms with Gasteiger partial charge in [0, 0.05) is 43.5 Å². The average Bonchev–Trinajstić information content (AvgIpc) is 3.00. The number of aromatic nitrogens is 2. The van der Waals surface area contributed by atoms with E-state index in [1.165, 1.54) is 6.07 Å². The van der Waals surface area contributed by atoms with Crippen molar-refractivity contribution in [3.8, 4) is 0 Å². The van der Waals surface area contributed by atoms with Gasteiger partial charge in [0.2, 0.25) is 0 Å². The minimum Gasteiger partial charge on any atom is -0.349 e. The van der Waals surface area contributed by atoms with Crippen LogP contribution in [0.3, 0.4) is 0 Å². The number of non-ortho nitro benzene ring substituents is 1. The summed E-state index contributed by atoms with van der Waals surface area (Å²) >= 11 is 0. The molecule has 1 unspecified atom stereocenters. The number of aromatic amines is 1. The normalized spacial score (nSPS) is 12.2. The molecule has 0 spiro atoms. The summed E-state index contributed by atoms with van der Waals surface area (Å²) in [4.78, 5) is 17.8. The average molecular weight is 288 g/mol. The zero-order valence-electron chi connectivity index (χ0n) is 12.1. The molecule has 1 aromatic heterocycles. The van der Waals surface area contributed by atoms with E-state index >= 15 is 0 Å². The first kappa shape index (κ1) is 15.2. The quantitative estimate of drug-likeness (QED) is 0.577. The second-order valence-corrected chi connectivity index (χ2v) is 4.93. The molecule has 0 saturated carbocycles. The van der Waals surface area contributed by atoms with Crippen LogP contribution in [0.1, 0.15) is 37.2 Å². The van der Waals surface area contributed by atoms with Gasteiger partial charge >= 0.3 is 0 Å². The summed E-state index contributed by atoms with van der Waals surface area (Å²) in [5, 5.41) is 14.3. The minimum absolute atomic E-state index is 0.130. The number of hydrogen-bond acceptors (Lipinski definition) is 4. The maximum atomic E-state index is 10.9. The third-order valence-corrected chi connectivity index (χ3v) is 3.37. The zero-order chi connectivity index (χ0) is 15.1. The molecule has 0 aliphatic rings. The number of imidazole rings is 1. The van der Waals surface area contributed by atoms with Crippen LogP contribution in [0.4, 0.5) is 5.69 Å². The molecule has 0 radical (unpaired) electrons. The Morgan fingerprint density at radius 2 is 2.33 bits per heavy atom. The molecule has 0 aliphatic heterocycles. The number of nitro groups is 1. The monoisotopic (exact) mass is 288 g/mol. The first-order valence-corrected chi connectivity index (χ1v) is 7.16. The molecule has 6 heteroatoms. The lowest BCUT2D eigenvalue weighted by atomic mass is 10.0. The SMILES string of the molecule is CCCC(NCCc1ncc[nH]1)c1cccc([N+](=O)[O-])c1. The van der Waals surface area contributed by atoms with Crippen molar-refractivity contribution in [2.45, 2.75) is 32.2 Å². The van der Waals surface area contributed by atoms with E-state index in [9.17, 15) is 10.1 Å². The molecule has 6 nitrogen and oxygen atoms in total. The third-order valence-electron chi connectivity index (χ3n) is 3.37. The lowest BCUT2D eigenvalue weighted by Gasteiger charge is -2.18. The number of benzene rings is 1. The lowest BCUT2D eigenvalue weighted by molar-refractivity contribution is -0.384. The maximum absolute atomic E-state index is 10.9. The van der Waals surface area contributed by atoms with Crippen molar-refractivity contribution in [2.24, 2.45) is 0 Å². The molecule has 2 rings (SSSR count). The standard InChI is InChI=1S/C15H20N4O2/c1-2-4-14(16-8-7-15-17-9-10-18-15)12-5-3-6-13(11-12)19(20)21/h3,5-6,9-11,14,16H,2,4,7-8H2,1H3,(H,17,18). The van der Waals surface area contributed by atoms with Crippen LogP contribution in [0.2, 0.25) is 0 Å². The highest BCUT2D eigenvalue weighted by Crippen LogP contribution is 2.22. The number of nitrogens with zero attached hydrogens (tertiary/aromatic N) is 2. The van der Waals surface area contributed by atoms with Crippen LogP contribution in [-0.2, 0) is 6.42 Å². The molecule has 1 atom stereocenters. The summed E-state index contributed by atoms with van der Waals surface area (Å²) in [7, 11) is 0. The van der Waals surface area contributed by atoms with Crippen LogP contribution in [0, 0.1) is 10.1 Å². The molecule has 1 heterocycles. The summed E-state index contributed by atoms with van der Waals surface area (Å²) in [5.74, 6) is 0.941. The fourth-order valence-corrected chi connectivity index (χ4v) is 2.33. The van der Waals surface area contributed by atoms with E-state index in [1.54, 1.807) is 24.5 Å². The van der Waals surface area contributed by atoms with Crippen molar-refractivity contribution < 1.29 is 4.92 Å². The Bertz CT molecular complexity index is 569. The van der Waals surface area contributed by atoms with Gasteiger partial charge in [0.15, 0.2) is 0 Å². The highest BCUT2D eigenvalue weighted by Gasteiger charge is 2.13. The van der Waals surface area contributed by atoms with Gasteiger partial charge in [-0.25, -0.2) is 4.98 Å². The van der Waals surface area contributed by atoms with Crippen molar-refractivity contribution in [3.63, 3.8) is 0 Å². The van der Waals surface area contributed by atoms with Gasteiger partial charge in [-0.2, -0.15) is 0 Å². The van der Waals surface area contributed by atoms with Gasteiger partial charge in [-0.15, -0.1) is 0 Å². The topological polar surface area (TPSA) is 83.8 Å². The fraction of sp³-hybridized carbons (Fsp3) is 0.400. The summed E-state index contributed by atoms with van der Waals surface area (Å²) in [6, 6.07) is 6.98. The minimum atomic E-state index is -0.352. The van der Waals surface area contributed by atoms with Gasteiger partial charge in [0.25, 0.3) is 5.69 Å². The van der Waals surface area contributed by atoms with Crippen molar-refractivity contribution in [3.05, 3.63) is 58.2 Å². The zero-order valence-corrected chi connectivity index (χ0v) is 12.1. The second-order valence-electron chi connectivity index (χ2n) is 4.93. The molecule has 0 fully saturated rings. The molecular weight excluding hydrogens is 268 g/mol. The number of rotatable bonds is 8. The summed E-state index contributed by atoms with van der Waals surface area (Å²) in [6.07, 6.45) is 6.31.